The van der Waals surface area contributed by atoms with Gasteiger partial charge in [0.25, 0.3) is 0 Å². The van der Waals surface area contributed by atoms with Crippen LogP contribution in [0.3, 0.4) is 0 Å². The Bertz CT molecular complexity index is 411. The first-order valence-electron chi connectivity index (χ1n) is 5.46. The summed E-state index contributed by atoms with van der Waals surface area (Å²) in [6.45, 7) is 1.22. The van der Waals surface area contributed by atoms with E-state index < -0.39 is 0 Å². The second kappa shape index (κ2) is 5.98. The van der Waals surface area contributed by atoms with Crippen LogP contribution in [0.4, 0.5) is 10.1 Å². The van der Waals surface area contributed by atoms with Crippen LogP contribution < -0.4 is 10.2 Å². The Balaban J connectivity index is 0.00000144. The molecule has 5 heteroatoms. The summed E-state index contributed by atoms with van der Waals surface area (Å²) in [5.41, 5.74) is 1.40. The van der Waals surface area contributed by atoms with Gasteiger partial charge in [-0.25, -0.2) is 4.39 Å². The zero-order valence-corrected chi connectivity index (χ0v) is 10.5. The van der Waals surface area contributed by atoms with Crippen molar-refractivity contribution in [3.05, 3.63) is 29.6 Å². The van der Waals surface area contributed by atoms with Crippen LogP contribution in [0.15, 0.2) is 18.2 Å². The first-order chi connectivity index (χ1) is 7.74. The van der Waals surface area contributed by atoms with Crippen molar-refractivity contribution in [2.75, 3.05) is 25.0 Å². The molecule has 0 radical (unpaired) electrons. The number of nitrogens with one attached hydrogen (secondary N) is 1. The zero-order chi connectivity index (χ0) is 11.5. The molecule has 0 saturated heterocycles. The van der Waals surface area contributed by atoms with E-state index in [0.717, 1.165) is 12.0 Å². The summed E-state index contributed by atoms with van der Waals surface area (Å²) >= 11 is 0. The van der Waals surface area contributed by atoms with Crippen LogP contribution >= 0.6 is 12.4 Å². The van der Waals surface area contributed by atoms with Gasteiger partial charge in [0.2, 0.25) is 5.91 Å². The molecular weight excluding hydrogens is 243 g/mol. The third-order valence-electron chi connectivity index (χ3n) is 2.83. The van der Waals surface area contributed by atoms with Gasteiger partial charge in [-0.3, -0.25) is 4.79 Å². The lowest BCUT2D eigenvalue weighted by atomic mass is 10.1. The molecule has 0 atom stereocenters. The molecule has 17 heavy (non-hydrogen) atoms. The summed E-state index contributed by atoms with van der Waals surface area (Å²) in [5, 5.41) is 2.92. The normalized spacial score (nSPS) is 13.2. The Hall–Kier alpha value is -1.13. The largest absolute Gasteiger partial charge is 0.319 e. The highest BCUT2D eigenvalue weighted by atomic mass is 35.5. The molecule has 0 saturated carbocycles. The van der Waals surface area contributed by atoms with Crippen molar-refractivity contribution >= 4 is 24.0 Å². The molecule has 0 unspecified atom stereocenters. The number of benzene rings is 1. The van der Waals surface area contributed by atoms with Crippen molar-refractivity contribution in [2.24, 2.45) is 0 Å². The average molecular weight is 259 g/mol. The topological polar surface area (TPSA) is 32.3 Å². The second-order valence-corrected chi connectivity index (χ2v) is 3.90. The average Bonchev–Trinajstić information content (AvgIpc) is 2.71. The van der Waals surface area contributed by atoms with E-state index in [4.69, 9.17) is 0 Å². The molecule has 94 valence electrons. The van der Waals surface area contributed by atoms with Gasteiger partial charge >= 0.3 is 0 Å². The summed E-state index contributed by atoms with van der Waals surface area (Å²) < 4.78 is 13.6. The van der Waals surface area contributed by atoms with E-state index in [1.165, 1.54) is 6.07 Å². The van der Waals surface area contributed by atoms with Gasteiger partial charge < -0.3 is 10.2 Å². The van der Waals surface area contributed by atoms with Gasteiger partial charge in [0.1, 0.15) is 5.82 Å². The summed E-state index contributed by atoms with van der Waals surface area (Å²) in [7, 11) is 1.80. The third kappa shape index (κ3) is 2.76. The summed E-state index contributed by atoms with van der Waals surface area (Å²) in [6, 6.07) is 4.97. The highest BCUT2D eigenvalue weighted by molar-refractivity contribution is 5.95. The van der Waals surface area contributed by atoms with Gasteiger partial charge in [-0.1, -0.05) is 12.1 Å². The molecule has 2 rings (SSSR count). The lowest BCUT2D eigenvalue weighted by Gasteiger charge is -2.17. The maximum absolute atomic E-state index is 13.6. The molecule has 1 aromatic carbocycles. The monoisotopic (exact) mass is 258 g/mol. The fourth-order valence-electron chi connectivity index (χ4n) is 2.02. The van der Waals surface area contributed by atoms with E-state index in [1.807, 2.05) is 6.07 Å². The molecule has 1 aromatic rings. The SMILES string of the molecule is CNCCC(=O)N1CCc2cccc(F)c21.Cl. The number of amides is 1. The fraction of sp³-hybridized carbons (Fsp3) is 0.417. The minimum absolute atomic E-state index is 0. The third-order valence-corrected chi connectivity index (χ3v) is 2.83. The van der Waals surface area contributed by atoms with Gasteiger partial charge in [-0.15, -0.1) is 12.4 Å². The Morgan fingerprint density at radius 1 is 1.53 bits per heavy atom. The van der Waals surface area contributed by atoms with E-state index in [-0.39, 0.29) is 24.1 Å². The minimum atomic E-state index is -0.298. The molecule has 0 aromatic heterocycles. The van der Waals surface area contributed by atoms with Crippen LogP contribution in [0.25, 0.3) is 0 Å². The van der Waals surface area contributed by atoms with Crippen LogP contribution in [0.2, 0.25) is 0 Å². The predicted octanol–water partition coefficient (Wildman–Crippen LogP) is 1.75. The molecule has 0 bridgehead atoms. The van der Waals surface area contributed by atoms with E-state index in [0.29, 0.717) is 25.2 Å². The Labute approximate surface area is 106 Å². The van der Waals surface area contributed by atoms with E-state index in [9.17, 15) is 9.18 Å². The number of fused-ring (bicyclic) bond motifs is 1. The quantitative estimate of drug-likeness (QED) is 0.896. The van der Waals surface area contributed by atoms with Crippen LogP contribution in [0, 0.1) is 5.82 Å². The van der Waals surface area contributed by atoms with Gasteiger partial charge in [0.05, 0.1) is 5.69 Å². The molecular formula is C12H16ClFN2O. The van der Waals surface area contributed by atoms with Crippen LogP contribution in [0.1, 0.15) is 12.0 Å². The number of carbonyl (C=O) groups is 1. The van der Waals surface area contributed by atoms with Crippen molar-refractivity contribution in [1.82, 2.24) is 5.32 Å². The zero-order valence-electron chi connectivity index (χ0n) is 9.70. The Morgan fingerprint density at radius 3 is 3.00 bits per heavy atom. The smallest absolute Gasteiger partial charge is 0.228 e. The van der Waals surface area contributed by atoms with Gasteiger partial charge in [-0.2, -0.15) is 0 Å². The highest BCUT2D eigenvalue weighted by Gasteiger charge is 2.26. The fourth-order valence-corrected chi connectivity index (χ4v) is 2.02. The molecule has 1 aliphatic heterocycles. The second-order valence-electron chi connectivity index (χ2n) is 3.90. The summed E-state index contributed by atoms with van der Waals surface area (Å²) in [5.74, 6) is -0.314. The lowest BCUT2D eigenvalue weighted by molar-refractivity contribution is -0.118. The molecule has 1 amide bonds. The highest BCUT2D eigenvalue weighted by Crippen LogP contribution is 2.30. The molecule has 3 nitrogen and oxygen atoms in total. The first-order valence-corrected chi connectivity index (χ1v) is 5.46. The number of para-hydroxylation sites is 1. The number of anilines is 1. The number of halogens is 2. The minimum Gasteiger partial charge on any atom is -0.319 e. The van der Waals surface area contributed by atoms with E-state index in [2.05, 4.69) is 5.32 Å². The van der Waals surface area contributed by atoms with Crippen molar-refractivity contribution in [3.63, 3.8) is 0 Å². The van der Waals surface area contributed by atoms with Crippen molar-refractivity contribution in [2.45, 2.75) is 12.8 Å². The summed E-state index contributed by atoms with van der Waals surface area (Å²) in [6.07, 6.45) is 1.16. The molecule has 0 spiro atoms. The standard InChI is InChI=1S/C12H15FN2O.ClH/c1-14-7-5-11(16)15-8-6-9-3-2-4-10(13)12(9)15;/h2-4,14H,5-8H2,1H3;1H. The van der Waals surface area contributed by atoms with Crippen LogP contribution in [0.5, 0.6) is 0 Å². The van der Waals surface area contributed by atoms with Crippen LogP contribution in [-0.4, -0.2) is 26.0 Å². The van der Waals surface area contributed by atoms with E-state index >= 15 is 0 Å². The molecule has 0 fully saturated rings. The Morgan fingerprint density at radius 2 is 2.29 bits per heavy atom. The predicted molar refractivity (Wildman–Crippen MR) is 68.2 cm³/mol. The maximum atomic E-state index is 13.6. The van der Waals surface area contributed by atoms with Crippen molar-refractivity contribution < 1.29 is 9.18 Å². The molecule has 1 N–H and O–H groups in total. The van der Waals surface area contributed by atoms with Crippen LogP contribution in [-0.2, 0) is 11.2 Å². The van der Waals surface area contributed by atoms with Gasteiger partial charge in [0, 0.05) is 19.5 Å². The molecule has 0 aliphatic carbocycles. The van der Waals surface area contributed by atoms with Gasteiger partial charge in [0.15, 0.2) is 0 Å². The summed E-state index contributed by atoms with van der Waals surface area (Å²) in [4.78, 5) is 13.4. The van der Waals surface area contributed by atoms with Crippen molar-refractivity contribution in [1.29, 1.82) is 0 Å². The number of carbonyl (C=O) groups excluding carboxylic acids is 1. The number of nitrogens with zero attached hydrogens (tertiary/aromatic N) is 1. The number of rotatable bonds is 3. The van der Waals surface area contributed by atoms with Gasteiger partial charge in [-0.05, 0) is 25.1 Å². The van der Waals surface area contributed by atoms with E-state index in [1.54, 1.807) is 18.0 Å². The molecule has 1 heterocycles. The van der Waals surface area contributed by atoms with Crippen molar-refractivity contribution in [3.8, 4) is 0 Å². The first kappa shape index (κ1) is 13.9. The molecule has 1 aliphatic rings. The number of hydrogen-bond donors (Lipinski definition) is 1. The lowest BCUT2D eigenvalue weighted by Crippen LogP contribution is -2.31. The number of hydrogen-bond acceptors (Lipinski definition) is 2. The Kier molecular flexibility index (Phi) is 4.90. The maximum Gasteiger partial charge on any atom is 0.228 e.